The fraction of sp³-hybridized carbons (Fsp3) is 0.633. The number of alkyl halides is 4. The van der Waals surface area contributed by atoms with Gasteiger partial charge in [0.05, 0.1) is 30.2 Å². The first-order valence-corrected chi connectivity index (χ1v) is 14.9. The zero-order valence-electron chi connectivity index (χ0n) is 24.9. The summed E-state index contributed by atoms with van der Waals surface area (Å²) in [6, 6.07) is 2.32. The van der Waals surface area contributed by atoms with Crippen LogP contribution in [0.1, 0.15) is 113 Å². The molecule has 0 saturated heterocycles. The molecule has 2 atom stereocenters. The van der Waals surface area contributed by atoms with Crippen molar-refractivity contribution < 1.29 is 27.2 Å². The molecule has 0 aromatic carbocycles. The van der Waals surface area contributed by atoms with Crippen molar-refractivity contribution in [2.24, 2.45) is 17.3 Å². The summed E-state index contributed by atoms with van der Waals surface area (Å²) in [5, 5.41) is 14.7. The van der Waals surface area contributed by atoms with Gasteiger partial charge < -0.3 is 10.6 Å². The molecule has 43 heavy (non-hydrogen) atoms. The summed E-state index contributed by atoms with van der Waals surface area (Å²) < 4.78 is 58.0. The molecule has 2 amide bonds. The third kappa shape index (κ3) is 7.01. The molecule has 5 rings (SSSR count). The maximum absolute atomic E-state index is 14.1. The topological polar surface area (TPSA) is 106 Å². The number of hydrogen-bond donors (Lipinski definition) is 2. The van der Waals surface area contributed by atoms with Gasteiger partial charge in [0.15, 0.2) is 5.65 Å². The Balaban J connectivity index is 1.41. The zero-order valence-corrected chi connectivity index (χ0v) is 24.9. The first kappa shape index (κ1) is 30.9. The van der Waals surface area contributed by atoms with Gasteiger partial charge in [0.2, 0.25) is 18.3 Å². The third-order valence-electron chi connectivity index (χ3n) is 8.57. The van der Waals surface area contributed by atoms with Crippen LogP contribution in [-0.4, -0.2) is 48.5 Å². The lowest BCUT2D eigenvalue weighted by Gasteiger charge is -2.33. The van der Waals surface area contributed by atoms with E-state index in [-0.39, 0.29) is 55.9 Å². The molecule has 2 fully saturated rings. The molecule has 3 heterocycles. The molecule has 0 unspecified atom stereocenters. The maximum Gasteiger partial charge on any atom is 0.270 e. The standard InChI is InChI=1S/C30H39F4N7O2/c1-17(2)41-22(9-12-35-41)27(43)39-26(19-7-10-30(33,34)11-8-19)21-16-40-23(37-21)13-20(15-36-40)25(18-5-6-18)38-24(42)14-29(3,4)28(31)32/h9,12-13,15-19,25-26,28H,5-8,10-11,14H2,1-4H3,(H,38,42)(H,39,43)/t25-,26+/m1/s1. The number of nitrogens with one attached hydrogen (secondary N) is 2. The normalized spacial score (nSPS) is 19.1. The quantitative estimate of drug-likeness (QED) is 0.259. The summed E-state index contributed by atoms with van der Waals surface area (Å²) >= 11 is 0. The van der Waals surface area contributed by atoms with E-state index >= 15 is 0 Å². The molecule has 9 nitrogen and oxygen atoms in total. The van der Waals surface area contributed by atoms with Crippen LogP contribution < -0.4 is 10.6 Å². The van der Waals surface area contributed by atoms with Crippen molar-refractivity contribution in [1.29, 1.82) is 0 Å². The van der Waals surface area contributed by atoms with E-state index in [1.165, 1.54) is 13.8 Å². The second-order valence-corrected chi connectivity index (χ2v) is 13.0. The van der Waals surface area contributed by atoms with Crippen LogP contribution in [0.15, 0.2) is 30.7 Å². The molecule has 2 aliphatic rings. The van der Waals surface area contributed by atoms with Crippen LogP contribution in [0.5, 0.6) is 0 Å². The van der Waals surface area contributed by atoms with E-state index in [4.69, 9.17) is 4.98 Å². The number of fused-ring (bicyclic) bond motifs is 1. The maximum atomic E-state index is 14.1. The Morgan fingerprint density at radius 2 is 1.72 bits per heavy atom. The SMILES string of the molecule is CC(C)n1nccc1C(=O)N[C@H](c1cn2ncc([C@H](NC(=O)CC(C)(C)C(F)F)C3CC3)cc2n1)C1CCC(F)(F)CC1. The van der Waals surface area contributed by atoms with E-state index < -0.39 is 35.8 Å². The highest BCUT2D eigenvalue weighted by Crippen LogP contribution is 2.43. The monoisotopic (exact) mass is 605 g/mol. The fourth-order valence-electron chi connectivity index (χ4n) is 5.80. The largest absolute Gasteiger partial charge is 0.349 e. The number of carbonyl (C=O) groups is 2. The molecule has 2 aliphatic carbocycles. The van der Waals surface area contributed by atoms with Crippen LogP contribution in [0, 0.1) is 17.3 Å². The van der Waals surface area contributed by atoms with E-state index in [0.717, 1.165) is 12.8 Å². The highest BCUT2D eigenvalue weighted by atomic mass is 19.3. The minimum absolute atomic E-state index is 0.0539. The Hall–Kier alpha value is -3.51. The van der Waals surface area contributed by atoms with Crippen LogP contribution in [0.4, 0.5) is 17.6 Å². The van der Waals surface area contributed by atoms with Crippen LogP contribution >= 0.6 is 0 Å². The molecule has 0 aliphatic heterocycles. The highest BCUT2D eigenvalue weighted by molar-refractivity contribution is 5.92. The van der Waals surface area contributed by atoms with E-state index in [0.29, 0.717) is 22.6 Å². The predicted octanol–water partition coefficient (Wildman–Crippen LogP) is 6.05. The molecule has 0 spiro atoms. The average Bonchev–Trinajstić information content (AvgIpc) is 3.48. The summed E-state index contributed by atoms with van der Waals surface area (Å²) in [7, 11) is 0. The average molecular weight is 606 g/mol. The van der Waals surface area contributed by atoms with Crippen molar-refractivity contribution in [3.63, 3.8) is 0 Å². The van der Waals surface area contributed by atoms with Crippen molar-refractivity contribution in [2.75, 3.05) is 0 Å². The van der Waals surface area contributed by atoms with Gasteiger partial charge in [-0.3, -0.25) is 14.3 Å². The number of carbonyl (C=O) groups excluding carboxylic acids is 2. The summed E-state index contributed by atoms with van der Waals surface area (Å²) in [5.41, 5.74) is 0.577. The predicted molar refractivity (Wildman–Crippen MR) is 151 cm³/mol. The van der Waals surface area contributed by atoms with E-state index in [2.05, 4.69) is 20.8 Å². The van der Waals surface area contributed by atoms with Crippen molar-refractivity contribution in [3.05, 3.63) is 47.7 Å². The number of amides is 2. The smallest absolute Gasteiger partial charge is 0.270 e. The molecule has 2 saturated carbocycles. The van der Waals surface area contributed by atoms with E-state index in [1.807, 2.05) is 13.8 Å². The van der Waals surface area contributed by atoms with Gasteiger partial charge in [-0.2, -0.15) is 10.2 Å². The van der Waals surface area contributed by atoms with Crippen molar-refractivity contribution in [3.8, 4) is 0 Å². The van der Waals surface area contributed by atoms with Crippen molar-refractivity contribution in [1.82, 2.24) is 35.0 Å². The summed E-state index contributed by atoms with van der Waals surface area (Å²) in [6.45, 7) is 6.55. The Bertz CT molecular complexity index is 1450. The van der Waals surface area contributed by atoms with Crippen LogP contribution in [0.2, 0.25) is 0 Å². The first-order valence-electron chi connectivity index (χ1n) is 14.9. The second kappa shape index (κ2) is 11.9. The molecular formula is C30H39F4N7O2. The Morgan fingerprint density at radius 1 is 1.05 bits per heavy atom. The van der Waals surface area contributed by atoms with Gasteiger partial charge in [-0.1, -0.05) is 13.8 Å². The second-order valence-electron chi connectivity index (χ2n) is 13.0. The first-order chi connectivity index (χ1) is 20.2. The number of rotatable bonds is 11. The lowest BCUT2D eigenvalue weighted by atomic mass is 9.81. The Morgan fingerprint density at radius 3 is 2.35 bits per heavy atom. The number of aromatic nitrogens is 5. The molecular weight excluding hydrogens is 566 g/mol. The van der Waals surface area contributed by atoms with Crippen molar-refractivity contribution >= 4 is 17.5 Å². The van der Waals surface area contributed by atoms with Gasteiger partial charge >= 0.3 is 0 Å². The number of imidazole rings is 1. The number of halogens is 4. The lowest BCUT2D eigenvalue weighted by molar-refractivity contribution is -0.126. The molecule has 13 heteroatoms. The molecule has 2 N–H and O–H groups in total. The summed E-state index contributed by atoms with van der Waals surface area (Å²) in [4.78, 5) is 30.9. The minimum Gasteiger partial charge on any atom is -0.349 e. The molecule has 3 aromatic heterocycles. The van der Waals surface area contributed by atoms with Gasteiger partial charge in [0, 0.05) is 36.9 Å². The van der Waals surface area contributed by atoms with Crippen LogP contribution in [-0.2, 0) is 4.79 Å². The van der Waals surface area contributed by atoms with Gasteiger partial charge in [-0.05, 0) is 69.1 Å². The van der Waals surface area contributed by atoms with Crippen LogP contribution in [0.25, 0.3) is 5.65 Å². The molecule has 3 aromatic rings. The molecule has 0 radical (unpaired) electrons. The van der Waals surface area contributed by atoms with Gasteiger partial charge in [-0.15, -0.1) is 0 Å². The Kier molecular flexibility index (Phi) is 8.54. The minimum atomic E-state index is -2.73. The number of nitrogens with zero attached hydrogens (tertiary/aromatic N) is 5. The van der Waals surface area contributed by atoms with Gasteiger partial charge in [0.1, 0.15) is 5.69 Å². The summed E-state index contributed by atoms with van der Waals surface area (Å²) in [5.74, 6) is -3.66. The van der Waals surface area contributed by atoms with E-state index in [9.17, 15) is 27.2 Å². The number of hydrogen-bond acceptors (Lipinski definition) is 5. The highest BCUT2D eigenvalue weighted by Gasteiger charge is 2.40. The third-order valence-corrected chi connectivity index (χ3v) is 8.57. The summed E-state index contributed by atoms with van der Waals surface area (Å²) in [6.07, 6.45) is 3.60. The lowest BCUT2D eigenvalue weighted by Crippen LogP contribution is -2.38. The van der Waals surface area contributed by atoms with E-state index in [1.54, 1.807) is 39.9 Å². The fourth-order valence-corrected chi connectivity index (χ4v) is 5.80. The van der Waals surface area contributed by atoms with Gasteiger partial charge in [-0.25, -0.2) is 27.1 Å². The molecule has 234 valence electrons. The molecule has 0 bridgehead atoms. The van der Waals surface area contributed by atoms with Crippen molar-refractivity contribution in [2.45, 2.75) is 103 Å². The van der Waals surface area contributed by atoms with Crippen LogP contribution in [0.3, 0.4) is 0 Å². The Labute approximate surface area is 247 Å². The van der Waals surface area contributed by atoms with Gasteiger partial charge in [0.25, 0.3) is 5.91 Å². The zero-order chi connectivity index (χ0) is 31.1.